The van der Waals surface area contributed by atoms with Gasteiger partial charge < -0.3 is 5.32 Å². The van der Waals surface area contributed by atoms with E-state index in [1.807, 2.05) is 36.5 Å². The molecule has 0 bridgehead atoms. The summed E-state index contributed by atoms with van der Waals surface area (Å²) in [6.45, 7) is 0. The van der Waals surface area contributed by atoms with E-state index in [1.54, 1.807) is 0 Å². The number of fused-ring (bicyclic) bond motifs is 1. The molecule has 2 fully saturated rings. The number of para-hydroxylation sites is 2. The first-order chi connectivity index (χ1) is 13.8. The largest absolute Gasteiger partial charge is 0.326 e. The van der Waals surface area contributed by atoms with E-state index in [2.05, 4.69) is 40.6 Å². The van der Waals surface area contributed by atoms with Crippen LogP contribution in [-0.2, 0) is 4.79 Å². The van der Waals surface area contributed by atoms with Gasteiger partial charge in [-0.2, -0.15) is 0 Å². The molecule has 2 saturated carbocycles. The van der Waals surface area contributed by atoms with E-state index >= 15 is 0 Å². The normalized spacial score (nSPS) is 23.3. The molecule has 0 radical (unpaired) electrons. The van der Waals surface area contributed by atoms with Crippen molar-refractivity contribution in [3.8, 4) is 0 Å². The number of nitrogens with zero attached hydrogens (tertiary/aromatic N) is 1. The zero-order valence-electron chi connectivity index (χ0n) is 16.1. The molecule has 1 aromatic heterocycles. The summed E-state index contributed by atoms with van der Waals surface area (Å²) in [4.78, 5) is 17.5. The lowest BCUT2D eigenvalue weighted by atomic mass is 9.71. The highest BCUT2D eigenvalue weighted by molar-refractivity contribution is 5.97. The zero-order valence-corrected chi connectivity index (χ0v) is 16.1. The summed E-state index contributed by atoms with van der Waals surface area (Å²) in [5.74, 6) is 1.33. The number of hydrogen-bond donors (Lipinski definition) is 1. The molecule has 2 aliphatic carbocycles. The number of carbonyl (C=O) groups excluding carboxylic acids is 1. The Hall–Kier alpha value is -2.68. The van der Waals surface area contributed by atoms with Gasteiger partial charge in [-0.3, -0.25) is 9.78 Å². The van der Waals surface area contributed by atoms with E-state index in [4.69, 9.17) is 0 Å². The smallest absolute Gasteiger partial charge is 0.230 e. The third kappa shape index (κ3) is 3.09. The number of anilines is 1. The van der Waals surface area contributed by atoms with Gasteiger partial charge in [0.15, 0.2) is 0 Å². The third-order valence-corrected chi connectivity index (χ3v) is 6.90. The molecule has 0 spiro atoms. The maximum Gasteiger partial charge on any atom is 0.230 e. The Balaban J connectivity index is 1.29. The molecule has 28 heavy (non-hydrogen) atoms. The van der Waals surface area contributed by atoms with E-state index in [1.165, 1.54) is 23.8 Å². The van der Waals surface area contributed by atoms with Crippen molar-refractivity contribution in [1.82, 2.24) is 4.98 Å². The number of amides is 1. The molecule has 1 heterocycles. The van der Waals surface area contributed by atoms with Crippen LogP contribution in [0.5, 0.6) is 0 Å². The van der Waals surface area contributed by atoms with Crippen molar-refractivity contribution < 1.29 is 4.79 Å². The van der Waals surface area contributed by atoms with Crippen LogP contribution in [0.4, 0.5) is 5.69 Å². The minimum absolute atomic E-state index is 0.124. The van der Waals surface area contributed by atoms with Crippen LogP contribution in [-0.4, -0.2) is 10.9 Å². The Morgan fingerprint density at radius 3 is 2.36 bits per heavy atom. The third-order valence-electron chi connectivity index (χ3n) is 6.90. The highest BCUT2D eigenvalue weighted by atomic mass is 16.2. The predicted molar refractivity (Wildman–Crippen MR) is 113 cm³/mol. The van der Waals surface area contributed by atoms with E-state index < -0.39 is 0 Å². The summed E-state index contributed by atoms with van der Waals surface area (Å²) in [6.07, 6.45) is 8.64. The number of hydrogen-bond acceptors (Lipinski definition) is 2. The molecular formula is C25H26N2O. The summed E-state index contributed by atoms with van der Waals surface area (Å²) >= 11 is 0. The van der Waals surface area contributed by atoms with Crippen molar-refractivity contribution >= 4 is 22.5 Å². The van der Waals surface area contributed by atoms with Crippen LogP contribution in [0, 0.1) is 11.3 Å². The molecule has 1 amide bonds. The average molecular weight is 370 g/mol. The molecule has 5 rings (SSSR count). The number of rotatable bonds is 4. The number of benzene rings is 2. The van der Waals surface area contributed by atoms with Crippen molar-refractivity contribution in [3.05, 3.63) is 72.4 Å². The molecule has 3 nitrogen and oxygen atoms in total. The number of aromatic nitrogens is 1. The van der Waals surface area contributed by atoms with Gasteiger partial charge in [0.2, 0.25) is 5.91 Å². The molecule has 3 aromatic rings. The van der Waals surface area contributed by atoms with Crippen LogP contribution in [0.1, 0.15) is 50.0 Å². The Kier molecular flexibility index (Phi) is 4.38. The molecule has 1 N–H and O–H groups in total. The van der Waals surface area contributed by atoms with Gasteiger partial charge >= 0.3 is 0 Å². The summed E-state index contributed by atoms with van der Waals surface area (Å²) in [6, 6.07) is 20.5. The van der Waals surface area contributed by atoms with Crippen molar-refractivity contribution in [2.24, 2.45) is 11.3 Å². The standard InChI is InChI=1S/C25H26N2O/c28-24(27-20-6-2-1-3-7-20)25(15-16-25)19-12-10-18(11-13-19)21-14-17-26-23-9-5-4-8-22(21)23/h1-9,14,17-19H,10-13,15-16H2,(H,27,28). The fourth-order valence-electron chi connectivity index (χ4n) is 5.16. The van der Waals surface area contributed by atoms with Gasteiger partial charge in [-0.25, -0.2) is 0 Å². The second-order valence-electron chi connectivity index (χ2n) is 8.44. The molecule has 142 valence electrons. The van der Waals surface area contributed by atoms with Crippen LogP contribution in [0.2, 0.25) is 0 Å². The second kappa shape index (κ2) is 7.05. The quantitative estimate of drug-likeness (QED) is 0.619. The highest BCUT2D eigenvalue weighted by Crippen LogP contribution is 2.58. The minimum atomic E-state index is -0.124. The van der Waals surface area contributed by atoms with Gasteiger partial charge in [-0.05, 0) is 80.2 Å². The lowest BCUT2D eigenvalue weighted by molar-refractivity contribution is -0.123. The van der Waals surface area contributed by atoms with Crippen molar-refractivity contribution in [3.63, 3.8) is 0 Å². The molecule has 2 aromatic carbocycles. The first kappa shape index (κ1) is 17.4. The fourth-order valence-corrected chi connectivity index (χ4v) is 5.16. The highest BCUT2D eigenvalue weighted by Gasteiger charge is 2.55. The van der Waals surface area contributed by atoms with Gasteiger partial charge in [-0.1, -0.05) is 36.4 Å². The van der Waals surface area contributed by atoms with E-state index in [0.29, 0.717) is 11.8 Å². The molecule has 0 atom stereocenters. The van der Waals surface area contributed by atoms with Crippen LogP contribution in [0.15, 0.2) is 66.9 Å². The number of pyridine rings is 1. The van der Waals surface area contributed by atoms with Gasteiger partial charge in [-0.15, -0.1) is 0 Å². The molecule has 3 heteroatoms. The Labute approximate surface area is 166 Å². The van der Waals surface area contributed by atoms with Crippen LogP contribution >= 0.6 is 0 Å². The van der Waals surface area contributed by atoms with Gasteiger partial charge in [0, 0.05) is 17.3 Å². The summed E-state index contributed by atoms with van der Waals surface area (Å²) in [5.41, 5.74) is 3.31. The second-order valence-corrected chi connectivity index (χ2v) is 8.44. The summed E-state index contributed by atoms with van der Waals surface area (Å²) in [5, 5.41) is 4.45. The number of carbonyl (C=O) groups is 1. The van der Waals surface area contributed by atoms with Crippen molar-refractivity contribution in [2.75, 3.05) is 5.32 Å². The lowest BCUT2D eigenvalue weighted by Crippen LogP contribution is -2.33. The summed E-state index contributed by atoms with van der Waals surface area (Å²) in [7, 11) is 0. The average Bonchev–Trinajstić information content (AvgIpc) is 3.56. The van der Waals surface area contributed by atoms with E-state index in [0.717, 1.165) is 36.9 Å². The molecule has 0 unspecified atom stereocenters. The van der Waals surface area contributed by atoms with E-state index in [-0.39, 0.29) is 11.3 Å². The van der Waals surface area contributed by atoms with Crippen molar-refractivity contribution in [1.29, 1.82) is 0 Å². The molecule has 0 saturated heterocycles. The Bertz CT molecular complexity index is 980. The van der Waals surface area contributed by atoms with Gasteiger partial charge in [0.1, 0.15) is 0 Å². The minimum Gasteiger partial charge on any atom is -0.326 e. The first-order valence-corrected chi connectivity index (χ1v) is 10.5. The van der Waals surface area contributed by atoms with Crippen LogP contribution in [0.25, 0.3) is 10.9 Å². The van der Waals surface area contributed by atoms with Crippen LogP contribution < -0.4 is 5.32 Å². The van der Waals surface area contributed by atoms with Crippen molar-refractivity contribution in [2.45, 2.75) is 44.4 Å². The van der Waals surface area contributed by atoms with E-state index in [9.17, 15) is 4.79 Å². The number of nitrogens with one attached hydrogen (secondary N) is 1. The monoisotopic (exact) mass is 370 g/mol. The molecule has 0 aliphatic heterocycles. The summed E-state index contributed by atoms with van der Waals surface area (Å²) < 4.78 is 0. The topological polar surface area (TPSA) is 42.0 Å². The lowest BCUT2D eigenvalue weighted by Gasteiger charge is -2.34. The zero-order chi connectivity index (χ0) is 19.0. The maximum atomic E-state index is 13.0. The SMILES string of the molecule is O=C(Nc1ccccc1)C1(C2CCC(c3ccnc4ccccc34)CC2)CC1. The molecule has 2 aliphatic rings. The Morgan fingerprint density at radius 1 is 0.893 bits per heavy atom. The van der Waals surface area contributed by atoms with Gasteiger partial charge in [0.05, 0.1) is 10.9 Å². The fraction of sp³-hybridized carbons (Fsp3) is 0.360. The van der Waals surface area contributed by atoms with Gasteiger partial charge in [0.25, 0.3) is 0 Å². The molecular weight excluding hydrogens is 344 g/mol. The predicted octanol–water partition coefficient (Wildman–Crippen LogP) is 5.93. The Morgan fingerprint density at radius 2 is 1.61 bits per heavy atom. The van der Waals surface area contributed by atoms with Crippen LogP contribution in [0.3, 0.4) is 0 Å². The maximum absolute atomic E-state index is 13.0. The first-order valence-electron chi connectivity index (χ1n) is 10.5.